The molecule has 206 valence electrons. The zero-order valence-electron chi connectivity index (χ0n) is 23.7. The second-order valence-corrected chi connectivity index (χ2v) is 12.1. The average Bonchev–Trinajstić information content (AvgIpc) is 3.64. The topological polar surface area (TPSA) is 30.7 Å². The fraction of sp³-hybridized carbons (Fsp3) is 0. The molecule has 0 aliphatic rings. The van der Waals surface area contributed by atoms with Gasteiger partial charge in [-0.2, -0.15) is 0 Å². The summed E-state index contributed by atoms with van der Waals surface area (Å²) in [6.07, 6.45) is 0. The van der Waals surface area contributed by atoms with E-state index in [1.54, 1.807) is 0 Å². The number of benzene rings is 6. The molecule has 0 saturated heterocycles. The van der Waals surface area contributed by atoms with Crippen molar-refractivity contribution in [1.29, 1.82) is 0 Å². The van der Waals surface area contributed by atoms with Gasteiger partial charge in [0.1, 0.15) is 0 Å². The van der Waals surface area contributed by atoms with Crippen molar-refractivity contribution in [2.24, 2.45) is 0 Å². The highest BCUT2D eigenvalue weighted by Gasteiger charge is 2.15. The Labute approximate surface area is 258 Å². The summed E-state index contributed by atoms with van der Waals surface area (Å²) in [6, 6.07) is 53.6. The Balaban J connectivity index is 1.24. The van der Waals surface area contributed by atoms with Crippen LogP contribution < -0.4 is 0 Å². The SMILES string of the molecule is c1ccc(-c2cc(-c3ccc4c(c3)sc3ccccc34)nc(-c3cccc(-n4c5ccccc5c5ccccc54)c3)n2)cc1. The summed E-state index contributed by atoms with van der Waals surface area (Å²) < 4.78 is 4.90. The van der Waals surface area contributed by atoms with Gasteiger partial charge in [-0.3, -0.25) is 0 Å². The van der Waals surface area contributed by atoms with Gasteiger partial charge < -0.3 is 4.57 Å². The van der Waals surface area contributed by atoms with Crippen molar-refractivity contribution >= 4 is 53.3 Å². The van der Waals surface area contributed by atoms with Gasteiger partial charge in [0.05, 0.1) is 22.4 Å². The van der Waals surface area contributed by atoms with Gasteiger partial charge in [0.2, 0.25) is 0 Å². The second kappa shape index (κ2) is 10.0. The average molecular weight is 580 g/mol. The number of aromatic nitrogens is 3. The first kappa shape index (κ1) is 25.0. The van der Waals surface area contributed by atoms with Gasteiger partial charge in [0.15, 0.2) is 5.82 Å². The molecule has 0 fully saturated rings. The smallest absolute Gasteiger partial charge is 0.160 e. The van der Waals surface area contributed by atoms with Crippen molar-refractivity contribution in [1.82, 2.24) is 14.5 Å². The zero-order chi connectivity index (χ0) is 29.0. The molecule has 3 nitrogen and oxygen atoms in total. The third-order valence-corrected chi connectivity index (χ3v) is 9.55. The van der Waals surface area contributed by atoms with Crippen LogP contribution in [0.1, 0.15) is 0 Å². The van der Waals surface area contributed by atoms with Gasteiger partial charge in [-0.25, -0.2) is 9.97 Å². The van der Waals surface area contributed by atoms with E-state index >= 15 is 0 Å². The van der Waals surface area contributed by atoms with E-state index in [4.69, 9.17) is 9.97 Å². The minimum atomic E-state index is 0.709. The molecule has 6 aromatic carbocycles. The lowest BCUT2D eigenvalue weighted by atomic mass is 10.0. The standard InChI is InChI=1S/C40H25N3S/c1-2-11-26(12-3-1)34-25-35(27-21-22-33-32-17-6-9-20-38(32)44-39(33)24-27)42-40(41-34)28-13-10-14-29(23-28)43-36-18-7-4-15-30(36)31-16-5-8-19-37(31)43/h1-25H. The van der Waals surface area contributed by atoms with Crippen LogP contribution in [0.4, 0.5) is 0 Å². The van der Waals surface area contributed by atoms with Crippen LogP contribution in [0.5, 0.6) is 0 Å². The molecule has 9 aromatic rings. The molecule has 0 aliphatic carbocycles. The summed E-state index contributed by atoms with van der Waals surface area (Å²) in [6.45, 7) is 0. The van der Waals surface area contributed by atoms with Crippen LogP contribution in [0, 0.1) is 0 Å². The van der Waals surface area contributed by atoms with E-state index in [0.29, 0.717) is 5.82 Å². The molecular formula is C40H25N3S. The van der Waals surface area contributed by atoms with Gasteiger partial charge in [-0.1, -0.05) is 109 Å². The van der Waals surface area contributed by atoms with E-state index in [0.717, 1.165) is 33.8 Å². The van der Waals surface area contributed by atoms with Crippen molar-refractivity contribution in [3.05, 3.63) is 152 Å². The van der Waals surface area contributed by atoms with E-state index in [-0.39, 0.29) is 0 Å². The summed E-state index contributed by atoms with van der Waals surface area (Å²) in [4.78, 5) is 10.3. The summed E-state index contributed by atoms with van der Waals surface area (Å²) >= 11 is 1.83. The quantitative estimate of drug-likeness (QED) is 0.208. The van der Waals surface area contributed by atoms with Crippen LogP contribution in [-0.4, -0.2) is 14.5 Å². The molecule has 0 spiro atoms. The van der Waals surface area contributed by atoms with Crippen molar-refractivity contribution in [3.8, 4) is 39.6 Å². The summed E-state index contributed by atoms with van der Waals surface area (Å²) in [5, 5.41) is 5.07. The molecule has 0 saturated carbocycles. The first-order valence-electron chi connectivity index (χ1n) is 14.8. The lowest BCUT2D eigenvalue weighted by molar-refractivity contribution is 1.16. The Morgan fingerprint density at radius 2 is 1.02 bits per heavy atom. The Kier molecular flexibility index (Phi) is 5.68. The van der Waals surface area contributed by atoms with Crippen LogP contribution >= 0.6 is 11.3 Å². The summed E-state index contributed by atoms with van der Waals surface area (Å²) in [5.74, 6) is 0.709. The highest BCUT2D eigenvalue weighted by molar-refractivity contribution is 7.25. The maximum atomic E-state index is 5.19. The van der Waals surface area contributed by atoms with E-state index in [1.807, 2.05) is 17.4 Å². The Morgan fingerprint density at radius 1 is 0.409 bits per heavy atom. The van der Waals surface area contributed by atoms with Gasteiger partial charge in [-0.15, -0.1) is 11.3 Å². The third kappa shape index (κ3) is 4.03. The minimum absolute atomic E-state index is 0.709. The molecule has 0 aliphatic heterocycles. The Hall–Kier alpha value is -5.58. The molecule has 3 aromatic heterocycles. The molecule has 0 radical (unpaired) electrons. The zero-order valence-corrected chi connectivity index (χ0v) is 24.5. The molecule has 3 heterocycles. The first-order chi connectivity index (χ1) is 21.8. The van der Waals surface area contributed by atoms with Crippen molar-refractivity contribution in [2.75, 3.05) is 0 Å². The summed E-state index contributed by atoms with van der Waals surface area (Å²) in [7, 11) is 0. The highest BCUT2D eigenvalue weighted by Crippen LogP contribution is 2.37. The van der Waals surface area contributed by atoms with Crippen LogP contribution in [0.15, 0.2) is 152 Å². The van der Waals surface area contributed by atoms with Crippen molar-refractivity contribution < 1.29 is 0 Å². The van der Waals surface area contributed by atoms with Crippen LogP contribution in [0.25, 0.3) is 81.6 Å². The predicted octanol–water partition coefficient (Wildman–Crippen LogP) is 10.9. The van der Waals surface area contributed by atoms with Gasteiger partial charge in [0, 0.05) is 53.3 Å². The monoisotopic (exact) mass is 579 g/mol. The third-order valence-electron chi connectivity index (χ3n) is 8.41. The van der Waals surface area contributed by atoms with Gasteiger partial charge >= 0.3 is 0 Å². The molecule has 44 heavy (non-hydrogen) atoms. The number of nitrogens with zero attached hydrogens (tertiary/aromatic N) is 3. The van der Waals surface area contributed by atoms with Gasteiger partial charge in [0.25, 0.3) is 0 Å². The largest absolute Gasteiger partial charge is 0.309 e. The number of rotatable bonds is 4. The highest BCUT2D eigenvalue weighted by atomic mass is 32.1. The summed E-state index contributed by atoms with van der Waals surface area (Å²) in [5.41, 5.74) is 8.40. The molecule has 0 amide bonds. The molecule has 4 heteroatoms. The number of fused-ring (bicyclic) bond motifs is 6. The van der Waals surface area contributed by atoms with E-state index < -0.39 is 0 Å². The van der Waals surface area contributed by atoms with Crippen molar-refractivity contribution in [2.45, 2.75) is 0 Å². The van der Waals surface area contributed by atoms with Gasteiger partial charge in [-0.05, 0) is 42.5 Å². The number of hydrogen-bond donors (Lipinski definition) is 0. The molecule has 0 bridgehead atoms. The molecular weight excluding hydrogens is 555 g/mol. The second-order valence-electron chi connectivity index (χ2n) is 11.1. The molecule has 9 rings (SSSR count). The van der Waals surface area contributed by atoms with E-state index in [9.17, 15) is 0 Å². The Bertz CT molecular complexity index is 2450. The molecule has 0 N–H and O–H groups in total. The fourth-order valence-electron chi connectivity index (χ4n) is 6.35. The Morgan fingerprint density at radius 3 is 1.80 bits per heavy atom. The fourth-order valence-corrected chi connectivity index (χ4v) is 7.50. The van der Waals surface area contributed by atoms with Crippen LogP contribution in [0.3, 0.4) is 0 Å². The lowest BCUT2D eigenvalue weighted by Gasteiger charge is -2.12. The number of hydrogen-bond acceptors (Lipinski definition) is 3. The lowest BCUT2D eigenvalue weighted by Crippen LogP contribution is -1.98. The van der Waals surface area contributed by atoms with Crippen molar-refractivity contribution in [3.63, 3.8) is 0 Å². The minimum Gasteiger partial charge on any atom is -0.309 e. The van der Waals surface area contributed by atoms with E-state index in [2.05, 4.69) is 150 Å². The number of thiophene rings is 1. The maximum Gasteiger partial charge on any atom is 0.160 e. The molecule has 0 unspecified atom stereocenters. The van der Waals surface area contributed by atoms with Crippen LogP contribution in [0.2, 0.25) is 0 Å². The maximum absolute atomic E-state index is 5.19. The molecule has 0 atom stereocenters. The predicted molar refractivity (Wildman–Crippen MR) is 186 cm³/mol. The van der Waals surface area contributed by atoms with Crippen LogP contribution in [-0.2, 0) is 0 Å². The normalized spacial score (nSPS) is 11.6. The van der Waals surface area contributed by atoms with E-state index in [1.165, 1.54) is 42.0 Å². The number of para-hydroxylation sites is 2. The first-order valence-corrected chi connectivity index (χ1v) is 15.6.